The standard InChI is InChI=1S/C41H33ClN2O6S/c1-4-49-40(46)36-37(26-12-6-5-7-13-26)43-41-44(38(36)27-17-19-33(47-2)34(22-27)48-3)39(45)35(51-41)23-29-21-30(42)18-20-32(29)50-24-28-15-10-14-25-11-8-9-16-31(25)28/h5-23,38H,4,24H2,1-3H3/b35-23-/t38-/m0/s1. The maximum Gasteiger partial charge on any atom is 0.338 e. The molecule has 0 aliphatic carbocycles. The van der Waals surface area contributed by atoms with E-state index in [9.17, 15) is 9.59 Å². The van der Waals surface area contributed by atoms with Crippen LogP contribution >= 0.6 is 22.9 Å². The minimum Gasteiger partial charge on any atom is -0.493 e. The Kier molecular flexibility index (Phi) is 9.74. The van der Waals surface area contributed by atoms with Crippen molar-refractivity contribution >= 4 is 51.5 Å². The number of hydrogen-bond donors (Lipinski definition) is 0. The Morgan fingerprint density at radius 2 is 1.63 bits per heavy atom. The van der Waals surface area contributed by atoms with Crippen LogP contribution in [0.25, 0.3) is 22.5 Å². The Bertz CT molecular complexity index is 2480. The third-order valence-electron chi connectivity index (χ3n) is 8.62. The van der Waals surface area contributed by atoms with Crippen molar-refractivity contribution in [2.45, 2.75) is 19.6 Å². The lowest BCUT2D eigenvalue weighted by Crippen LogP contribution is -2.40. The monoisotopic (exact) mass is 716 g/mol. The fourth-order valence-electron chi connectivity index (χ4n) is 6.26. The van der Waals surface area contributed by atoms with Crippen molar-refractivity contribution in [3.63, 3.8) is 0 Å². The number of ether oxygens (including phenoxy) is 4. The number of methoxy groups -OCH3 is 2. The molecule has 0 N–H and O–H groups in total. The molecule has 0 saturated carbocycles. The molecule has 0 spiro atoms. The number of aromatic nitrogens is 1. The van der Waals surface area contributed by atoms with E-state index in [1.54, 1.807) is 50.4 Å². The van der Waals surface area contributed by atoms with Gasteiger partial charge >= 0.3 is 5.97 Å². The summed E-state index contributed by atoms with van der Waals surface area (Å²) < 4.78 is 25.0. The number of thiazole rings is 1. The highest BCUT2D eigenvalue weighted by Crippen LogP contribution is 2.38. The first-order valence-electron chi connectivity index (χ1n) is 16.3. The van der Waals surface area contributed by atoms with Crippen LogP contribution in [0.15, 0.2) is 125 Å². The molecule has 0 amide bonds. The van der Waals surface area contributed by atoms with Gasteiger partial charge in [0.25, 0.3) is 5.56 Å². The summed E-state index contributed by atoms with van der Waals surface area (Å²) in [4.78, 5) is 33.8. The van der Waals surface area contributed by atoms with E-state index in [-0.39, 0.29) is 17.7 Å². The van der Waals surface area contributed by atoms with E-state index in [1.165, 1.54) is 23.0 Å². The molecular weight excluding hydrogens is 684 g/mol. The number of carbonyl (C=O) groups excluding carboxylic acids is 1. The van der Waals surface area contributed by atoms with E-state index in [0.29, 0.717) is 60.6 Å². The molecule has 51 heavy (non-hydrogen) atoms. The molecular formula is C41H33ClN2O6S. The van der Waals surface area contributed by atoms with Crippen LogP contribution in [0.3, 0.4) is 0 Å². The van der Waals surface area contributed by atoms with E-state index in [2.05, 4.69) is 18.2 Å². The zero-order chi connectivity index (χ0) is 35.5. The van der Waals surface area contributed by atoms with Crippen molar-refractivity contribution in [3.8, 4) is 17.2 Å². The molecule has 0 bridgehead atoms. The second-order valence-corrected chi connectivity index (χ2v) is 13.1. The fraction of sp³-hybridized carbons (Fsp3) is 0.146. The number of nitrogens with zero attached hydrogens (tertiary/aromatic N) is 2. The quantitative estimate of drug-likeness (QED) is 0.138. The van der Waals surface area contributed by atoms with Gasteiger partial charge in [-0.2, -0.15) is 0 Å². The summed E-state index contributed by atoms with van der Waals surface area (Å²) in [7, 11) is 3.09. The van der Waals surface area contributed by atoms with E-state index in [1.807, 2.05) is 60.7 Å². The predicted molar refractivity (Wildman–Crippen MR) is 200 cm³/mol. The summed E-state index contributed by atoms with van der Waals surface area (Å²) in [6, 6.07) is 33.4. The van der Waals surface area contributed by atoms with Crippen molar-refractivity contribution < 1.29 is 23.7 Å². The van der Waals surface area contributed by atoms with Crippen LogP contribution in [0.4, 0.5) is 0 Å². The number of carbonyl (C=O) groups is 1. The Morgan fingerprint density at radius 3 is 2.41 bits per heavy atom. The molecule has 1 atom stereocenters. The molecule has 1 aromatic heterocycles. The summed E-state index contributed by atoms with van der Waals surface area (Å²) >= 11 is 7.71. The van der Waals surface area contributed by atoms with Crippen LogP contribution in [0.5, 0.6) is 17.2 Å². The molecule has 7 rings (SSSR count). The van der Waals surface area contributed by atoms with E-state index in [0.717, 1.165) is 16.3 Å². The van der Waals surface area contributed by atoms with Crippen LogP contribution in [-0.2, 0) is 16.1 Å². The number of hydrogen-bond acceptors (Lipinski definition) is 8. The first-order chi connectivity index (χ1) is 24.9. The Hall–Kier alpha value is -5.64. The summed E-state index contributed by atoms with van der Waals surface area (Å²) in [5.41, 5.74) is 3.30. The van der Waals surface area contributed by atoms with Gasteiger partial charge in [-0.15, -0.1) is 0 Å². The van der Waals surface area contributed by atoms with E-state index in [4.69, 9.17) is 35.5 Å². The fourth-order valence-corrected chi connectivity index (χ4v) is 7.43. The average molecular weight is 717 g/mol. The van der Waals surface area contributed by atoms with Gasteiger partial charge in [0.1, 0.15) is 12.4 Å². The van der Waals surface area contributed by atoms with E-state index < -0.39 is 12.0 Å². The lowest BCUT2D eigenvalue weighted by Gasteiger charge is -2.26. The summed E-state index contributed by atoms with van der Waals surface area (Å²) in [6.45, 7) is 2.20. The lowest BCUT2D eigenvalue weighted by atomic mass is 9.93. The molecule has 0 unspecified atom stereocenters. The minimum absolute atomic E-state index is 0.143. The van der Waals surface area contributed by atoms with Gasteiger partial charge in [0.15, 0.2) is 16.3 Å². The molecule has 1 aliphatic heterocycles. The molecule has 0 fully saturated rings. The zero-order valence-electron chi connectivity index (χ0n) is 28.1. The SMILES string of the molecule is CCOC(=O)C1=C(c2ccccc2)N=c2s/c(=C\c3cc(Cl)ccc3OCc3cccc4ccccc34)c(=O)n2[C@H]1c1ccc(OC)c(OC)c1. The smallest absolute Gasteiger partial charge is 0.338 e. The summed E-state index contributed by atoms with van der Waals surface area (Å²) in [6.07, 6.45) is 1.76. The van der Waals surface area contributed by atoms with Crippen LogP contribution in [0.2, 0.25) is 5.02 Å². The van der Waals surface area contributed by atoms with Gasteiger partial charge in [-0.3, -0.25) is 9.36 Å². The molecule has 256 valence electrons. The average Bonchev–Trinajstić information content (AvgIpc) is 3.47. The van der Waals surface area contributed by atoms with Crippen LogP contribution in [0.1, 0.15) is 35.2 Å². The molecule has 10 heteroatoms. The number of esters is 1. The van der Waals surface area contributed by atoms with Crippen LogP contribution in [-0.4, -0.2) is 31.4 Å². The van der Waals surface area contributed by atoms with Crippen molar-refractivity contribution in [1.82, 2.24) is 4.57 Å². The molecule has 1 aliphatic rings. The van der Waals surface area contributed by atoms with Gasteiger partial charge in [0.2, 0.25) is 0 Å². The van der Waals surface area contributed by atoms with Gasteiger partial charge in [-0.1, -0.05) is 102 Å². The maximum absolute atomic E-state index is 14.5. The maximum atomic E-state index is 14.5. The Balaban J connectivity index is 1.40. The van der Waals surface area contributed by atoms with Crippen LogP contribution in [0, 0.1) is 0 Å². The molecule has 0 radical (unpaired) electrons. The summed E-state index contributed by atoms with van der Waals surface area (Å²) in [5, 5.41) is 2.72. The molecule has 8 nitrogen and oxygen atoms in total. The Morgan fingerprint density at radius 1 is 0.882 bits per heavy atom. The predicted octanol–water partition coefficient (Wildman–Crippen LogP) is 7.34. The highest BCUT2D eigenvalue weighted by molar-refractivity contribution is 7.07. The third-order valence-corrected chi connectivity index (χ3v) is 9.84. The summed E-state index contributed by atoms with van der Waals surface area (Å²) in [5.74, 6) is 0.945. The minimum atomic E-state index is -0.890. The van der Waals surface area contributed by atoms with E-state index >= 15 is 0 Å². The second-order valence-electron chi connectivity index (χ2n) is 11.7. The zero-order valence-corrected chi connectivity index (χ0v) is 29.7. The first-order valence-corrected chi connectivity index (χ1v) is 17.5. The normalized spacial score (nSPS) is 14.2. The molecule has 2 heterocycles. The third kappa shape index (κ3) is 6.66. The van der Waals surface area contributed by atoms with Gasteiger partial charge in [0, 0.05) is 16.1 Å². The second kappa shape index (κ2) is 14.7. The van der Waals surface area contributed by atoms with Crippen molar-refractivity contribution in [2.75, 3.05) is 20.8 Å². The van der Waals surface area contributed by atoms with Gasteiger partial charge in [0.05, 0.1) is 42.7 Å². The number of fused-ring (bicyclic) bond motifs is 2. The van der Waals surface area contributed by atoms with Gasteiger partial charge in [-0.05, 0) is 65.2 Å². The van der Waals surface area contributed by atoms with Gasteiger partial charge < -0.3 is 18.9 Å². The molecule has 5 aromatic carbocycles. The molecule has 0 saturated heterocycles. The largest absolute Gasteiger partial charge is 0.493 e. The van der Waals surface area contributed by atoms with Crippen molar-refractivity contribution in [2.24, 2.45) is 4.99 Å². The highest BCUT2D eigenvalue weighted by atomic mass is 35.5. The topological polar surface area (TPSA) is 88.4 Å². The molecule has 6 aromatic rings. The highest BCUT2D eigenvalue weighted by Gasteiger charge is 2.35. The van der Waals surface area contributed by atoms with Crippen molar-refractivity contribution in [3.05, 3.63) is 162 Å². The number of benzene rings is 5. The number of rotatable bonds is 10. The lowest BCUT2D eigenvalue weighted by molar-refractivity contribution is -0.138. The van der Waals surface area contributed by atoms with Crippen molar-refractivity contribution in [1.29, 1.82) is 0 Å². The number of halogens is 1. The van der Waals surface area contributed by atoms with Crippen LogP contribution < -0.4 is 29.1 Å². The Labute approximate surface area is 303 Å². The van der Waals surface area contributed by atoms with Gasteiger partial charge in [-0.25, -0.2) is 9.79 Å². The first kappa shape index (κ1) is 33.8.